The number of hydrogen-bond donors (Lipinski definition) is 0. The Morgan fingerprint density at radius 3 is 1.45 bits per heavy atom. The van der Waals surface area contributed by atoms with Crippen LogP contribution >= 0.6 is 17.0 Å². The molecule has 0 unspecified atom stereocenters. The van der Waals surface area contributed by atoms with E-state index in [4.69, 9.17) is 0 Å². The zero-order valence-electron chi connectivity index (χ0n) is 8.10. The molecule has 0 saturated carbocycles. The third-order valence-electron chi connectivity index (χ3n) is 1.83. The van der Waals surface area contributed by atoms with Gasteiger partial charge >= 0.3 is 0 Å². The fraction of sp³-hybridized carbons (Fsp3) is 1.00. The normalized spacial score (nSPS) is 16.6. The molecule has 0 amide bonds. The highest BCUT2D eigenvalue weighted by Crippen LogP contribution is 2.01. The Balaban J connectivity index is 0. The fourth-order valence-electron chi connectivity index (χ4n) is 0.875. The van der Waals surface area contributed by atoms with Gasteiger partial charge in [-0.2, -0.15) is 0 Å². The molecule has 0 aromatic heterocycles. The molecule has 2 heteroatoms. The lowest BCUT2D eigenvalue weighted by Crippen LogP contribution is -2.10. The highest BCUT2D eigenvalue weighted by Gasteiger charge is 2.03. The van der Waals surface area contributed by atoms with Crippen LogP contribution in [0.15, 0.2) is 0 Å². The minimum atomic E-state index is 0. The minimum absolute atomic E-state index is 0. The first-order valence-electron chi connectivity index (χ1n) is 4.49. The summed E-state index contributed by atoms with van der Waals surface area (Å²) >= 11 is 0. The van der Waals surface area contributed by atoms with Gasteiger partial charge < -0.3 is 4.90 Å². The lowest BCUT2D eigenvalue weighted by atomic mass is 10.4. The van der Waals surface area contributed by atoms with Crippen LogP contribution in [0.3, 0.4) is 0 Å². The minimum Gasteiger partial charge on any atom is -0.306 e. The predicted molar refractivity (Wildman–Crippen MR) is 57.6 cm³/mol. The monoisotopic (exact) mass is 223 g/mol. The van der Waals surface area contributed by atoms with Crippen LogP contribution in [0.25, 0.3) is 0 Å². The van der Waals surface area contributed by atoms with Crippen molar-refractivity contribution >= 4 is 17.0 Å². The Labute approximate surface area is 81.9 Å². The van der Waals surface area contributed by atoms with Crippen molar-refractivity contribution in [2.75, 3.05) is 20.1 Å². The molecule has 1 aliphatic rings. The van der Waals surface area contributed by atoms with E-state index in [1.54, 1.807) is 0 Å². The molecule has 0 aromatic carbocycles. The number of nitrogens with zero attached hydrogens (tertiary/aromatic N) is 1. The van der Waals surface area contributed by atoms with Crippen molar-refractivity contribution < 1.29 is 0 Å². The summed E-state index contributed by atoms with van der Waals surface area (Å²) in [6.07, 6.45) is 5.47. The molecule has 0 aromatic rings. The molecular formula is C9H22BrN. The zero-order chi connectivity index (χ0) is 7.82. The van der Waals surface area contributed by atoms with E-state index in [2.05, 4.69) is 25.8 Å². The van der Waals surface area contributed by atoms with E-state index in [-0.39, 0.29) is 17.0 Å². The van der Waals surface area contributed by atoms with Gasteiger partial charge in [-0.25, -0.2) is 0 Å². The van der Waals surface area contributed by atoms with Gasteiger partial charge in [0.2, 0.25) is 0 Å². The van der Waals surface area contributed by atoms with Gasteiger partial charge in [0.1, 0.15) is 0 Å². The van der Waals surface area contributed by atoms with Gasteiger partial charge in [0.05, 0.1) is 0 Å². The molecule has 1 saturated heterocycles. The van der Waals surface area contributed by atoms with E-state index in [0.29, 0.717) is 0 Å². The maximum Gasteiger partial charge on any atom is -0.00213 e. The molecule has 1 aliphatic heterocycles. The highest BCUT2D eigenvalue weighted by atomic mass is 79.9. The standard InChI is InChI=1S/C5H11N.C4H10.BrH/c1-6-4-2-3-5-6;1-3-4-2;/h2-5H2,1H3;3-4H2,1-2H3;1H. The van der Waals surface area contributed by atoms with Gasteiger partial charge in [-0.15, -0.1) is 17.0 Å². The summed E-state index contributed by atoms with van der Waals surface area (Å²) in [7, 11) is 2.17. The lowest BCUT2D eigenvalue weighted by molar-refractivity contribution is 0.418. The first kappa shape index (κ1) is 14.0. The Morgan fingerprint density at radius 2 is 1.36 bits per heavy atom. The van der Waals surface area contributed by atoms with Gasteiger partial charge in [0.15, 0.2) is 0 Å². The quantitative estimate of drug-likeness (QED) is 0.661. The molecule has 0 N–H and O–H groups in total. The number of hydrogen-bond acceptors (Lipinski definition) is 1. The van der Waals surface area contributed by atoms with Crippen molar-refractivity contribution in [2.45, 2.75) is 39.5 Å². The van der Waals surface area contributed by atoms with Gasteiger partial charge in [-0.3, -0.25) is 0 Å². The van der Waals surface area contributed by atoms with Crippen molar-refractivity contribution in [1.29, 1.82) is 0 Å². The van der Waals surface area contributed by atoms with E-state index in [9.17, 15) is 0 Å². The molecule has 0 bridgehead atoms. The van der Waals surface area contributed by atoms with E-state index < -0.39 is 0 Å². The molecule has 0 radical (unpaired) electrons. The molecule has 1 fully saturated rings. The van der Waals surface area contributed by atoms with Crippen LogP contribution in [-0.4, -0.2) is 25.0 Å². The molecule has 1 nitrogen and oxygen atoms in total. The van der Waals surface area contributed by atoms with Crippen LogP contribution in [0.1, 0.15) is 39.5 Å². The second kappa shape index (κ2) is 10.4. The first-order valence-corrected chi connectivity index (χ1v) is 4.49. The van der Waals surface area contributed by atoms with Crippen molar-refractivity contribution in [1.82, 2.24) is 4.90 Å². The number of halogens is 1. The largest absolute Gasteiger partial charge is 0.306 e. The molecule has 1 heterocycles. The van der Waals surface area contributed by atoms with Crippen molar-refractivity contribution in [3.63, 3.8) is 0 Å². The van der Waals surface area contributed by atoms with Gasteiger partial charge in [0.25, 0.3) is 0 Å². The lowest BCUT2D eigenvalue weighted by Gasteiger charge is -2.01. The van der Waals surface area contributed by atoms with Crippen molar-refractivity contribution in [2.24, 2.45) is 0 Å². The van der Waals surface area contributed by atoms with Crippen LogP contribution in [0.5, 0.6) is 0 Å². The SMILES string of the molecule is Br.CCCC.CN1CCCC1. The Bertz CT molecular complexity index is 58.6. The molecular weight excluding hydrogens is 202 g/mol. The Hall–Kier alpha value is 0.440. The van der Waals surface area contributed by atoms with E-state index in [1.807, 2.05) is 0 Å². The smallest absolute Gasteiger partial charge is 0.00213 e. The first-order chi connectivity index (χ1) is 4.81. The van der Waals surface area contributed by atoms with Crippen LogP contribution in [0.2, 0.25) is 0 Å². The van der Waals surface area contributed by atoms with Crippen LogP contribution in [-0.2, 0) is 0 Å². The molecule has 0 spiro atoms. The second-order valence-corrected chi connectivity index (χ2v) is 3.01. The predicted octanol–water partition coefficient (Wildman–Crippen LogP) is 3.10. The summed E-state index contributed by atoms with van der Waals surface area (Å²) in [5.74, 6) is 0. The number of likely N-dealkylation sites (tertiary alicyclic amines) is 1. The maximum absolute atomic E-state index is 2.36. The van der Waals surface area contributed by atoms with Crippen molar-refractivity contribution in [3.05, 3.63) is 0 Å². The molecule has 1 rings (SSSR count). The zero-order valence-corrected chi connectivity index (χ0v) is 9.81. The fourth-order valence-corrected chi connectivity index (χ4v) is 0.875. The van der Waals surface area contributed by atoms with E-state index >= 15 is 0 Å². The number of unbranched alkanes of at least 4 members (excludes halogenated alkanes) is 1. The topological polar surface area (TPSA) is 3.24 Å². The van der Waals surface area contributed by atoms with Crippen molar-refractivity contribution in [3.8, 4) is 0 Å². The summed E-state index contributed by atoms with van der Waals surface area (Å²) in [4.78, 5) is 2.36. The summed E-state index contributed by atoms with van der Waals surface area (Å²) in [5.41, 5.74) is 0. The molecule has 0 atom stereocenters. The van der Waals surface area contributed by atoms with Gasteiger partial charge in [0, 0.05) is 0 Å². The highest BCUT2D eigenvalue weighted by molar-refractivity contribution is 8.93. The van der Waals surface area contributed by atoms with E-state index in [1.165, 1.54) is 38.8 Å². The maximum atomic E-state index is 2.36. The van der Waals surface area contributed by atoms with Gasteiger partial charge in [-0.1, -0.05) is 26.7 Å². The molecule has 70 valence electrons. The van der Waals surface area contributed by atoms with Crippen LogP contribution in [0, 0.1) is 0 Å². The third-order valence-corrected chi connectivity index (χ3v) is 1.83. The summed E-state index contributed by atoms with van der Waals surface area (Å²) < 4.78 is 0. The van der Waals surface area contributed by atoms with E-state index in [0.717, 1.165) is 0 Å². The van der Waals surface area contributed by atoms with Gasteiger partial charge in [-0.05, 0) is 33.0 Å². The average molecular weight is 224 g/mol. The second-order valence-electron chi connectivity index (χ2n) is 3.01. The third kappa shape index (κ3) is 10.4. The Kier molecular flexibility index (Phi) is 13.3. The summed E-state index contributed by atoms with van der Waals surface area (Å²) in [6, 6.07) is 0. The average Bonchev–Trinajstić information content (AvgIpc) is 2.40. The summed E-state index contributed by atoms with van der Waals surface area (Å²) in [5, 5.41) is 0. The number of rotatable bonds is 1. The summed E-state index contributed by atoms with van der Waals surface area (Å²) in [6.45, 7) is 7.00. The molecule has 11 heavy (non-hydrogen) atoms. The Morgan fingerprint density at radius 1 is 1.00 bits per heavy atom. The van der Waals surface area contributed by atoms with Crippen LogP contribution in [0.4, 0.5) is 0 Å². The molecule has 0 aliphatic carbocycles. The van der Waals surface area contributed by atoms with Crippen LogP contribution < -0.4 is 0 Å².